The van der Waals surface area contributed by atoms with Gasteiger partial charge in [0.2, 0.25) is 0 Å². The number of benzene rings is 1. The highest BCUT2D eigenvalue weighted by molar-refractivity contribution is 5.41. The lowest BCUT2D eigenvalue weighted by molar-refractivity contribution is 0.145. The summed E-state index contributed by atoms with van der Waals surface area (Å²) in [5.41, 5.74) is 0.401. The molecule has 2 aliphatic carbocycles. The number of ether oxygens (including phenoxy) is 1. The van der Waals surface area contributed by atoms with Crippen LogP contribution in [0.15, 0.2) is 24.3 Å². The second-order valence-corrected chi connectivity index (χ2v) is 4.34. The van der Waals surface area contributed by atoms with Gasteiger partial charge >= 0.3 is 0 Å². The van der Waals surface area contributed by atoms with Crippen molar-refractivity contribution in [1.29, 1.82) is 0 Å². The molecule has 1 N–H and O–H groups in total. The molecule has 1 aromatic rings. The van der Waals surface area contributed by atoms with Crippen LogP contribution in [-0.2, 0) is 5.60 Å². The molecule has 2 fully saturated rings. The Balaban J connectivity index is 1.92. The molecule has 0 aromatic heterocycles. The van der Waals surface area contributed by atoms with E-state index in [-0.39, 0.29) is 0 Å². The third kappa shape index (κ3) is 1.40. The highest BCUT2D eigenvalue weighted by atomic mass is 16.5. The van der Waals surface area contributed by atoms with Gasteiger partial charge in [-0.2, -0.15) is 0 Å². The molecule has 0 spiro atoms. The van der Waals surface area contributed by atoms with Gasteiger partial charge in [-0.25, -0.2) is 0 Å². The number of para-hydroxylation sites is 1. The van der Waals surface area contributed by atoms with Crippen molar-refractivity contribution in [2.75, 3.05) is 0 Å². The first kappa shape index (κ1) is 8.30. The van der Waals surface area contributed by atoms with Crippen molar-refractivity contribution < 1.29 is 9.84 Å². The summed E-state index contributed by atoms with van der Waals surface area (Å²) in [6.45, 7) is 0. The summed E-state index contributed by atoms with van der Waals surface area (Å²) >= 11 is 0. The Hall–Kier alpha value is -1.02. The van der Waals surface area contributed by atoms with Crippen LogP contribution in [0.1, 0.15) is 31.2 Å². The van der Waals surface area contributed by atoms with Crippen LogP contribution >= 0.6 is 0 Å². The Kier molecular flexibility index (Phi) is 1.62. The summed E-state index contributed by atoms with van der Waals surface area (Å²) in [7, 11) is 0. The summed E-state index contributed by atoms with van der Waals surface area (Å²) in [5.74, 6) is 0.884. The Morgan fingerprint density at radius 2 is 1.93 bits per heavy atom. The lowest BCUT2D eigenvalue weighted by Gasteiger charge is -2.14. The molecule has 2 aliphatic rings. The second-order valence-electron chi connectivity index (χ2n) is 4.34. The quantitative estimate of drug-likeness (QED) is 0.791. The molecule has 2 heteroatoms. The van der Waals surface area contributed by atoms with Crippen LogP contribution in [0.4, 0.5) is 0 Å². The predicted molar refractivity (Wildman–Crippen MR) is 53.2 cm³/mol. The van der Waals surface area contributed by atoms with Crippen molar-refractivity contribution in [3.05, 3.63) is 29.8 Å². The number of hydrogen-bond acceptors (Lipinski definition) is 2. The van der Waals surface area contributed by atoms with Crippen molar-refractivity contribution in [2.45, 2.75) is 37.4 Å². The van der Waals surface area contributed by atoms with Crippen molar-refractivity contribution in [3.63, 3.8) is 0 Å². The third-order valence-corrected chi connectivity index (χ3v) is 2.93. The molecular formula is C12H14O2. The molecule has 1 aromatic carbocycles. The Morgan fingerprint density at radius 3 is 2.57 bits per heavy atom. The van der Waals surface area contributed by atoms with Gasteiger partial charge in [-0.3, -0.25) is 0 Å². The number of aliphatic hydroxyl groups is 1. The van der Waals surface area contributed by atoms with E-state index in [2.05, 4.69) is 0 Å². The zero-order valence-electron chi connectivity index (χ0n) is 8.07. The molecule has 74 valence electrons. The maximum absolute atomic E-state index is 10.0. The summed E-state index contributed by atoms with van der Waals surface area (Å²) in [6, 6.07) is 7.87. The van der Waals surface area contributed by atoms with Gasteiger partial charge in [0.25, 0.3) is 0 Å². The van der Waals surface area contributed by atoms with Crippen molar-refractivity contribution in [2.24, 2.45) is 0 Å². The van der Waals surface area contributed by atoms with E-state index in [1.807, 2.05) is 24.3 Å². The molecule has 0 heterocycles. The maximum atomic E-state index is 10.0. The SMILES string of the molecule is OC1(c2ccccc2OC2CC2)CC1. The minimum atomic E-state index is -0.578. The number of hydrogen-bond donors (Lipinski definition) is 1. The molecule has 0 radical (unpaired) electrons. The Bertz CT molecular complexity index is 351. The van der Waals surface area contributed by atoms with Crippen LogP contribution in [0.2, 0.25) is 0 Å². The van der Waals surface area contributed by atoms with E-state index in [9.17, 15) is 5.11 Å². The highest BCUT2D eigenvalue weighted by Gasteiger charge is 2.44. The monoisotopic (exact) mass is 190 g/mol. The lowest BCUT2D eigenvalue weighted by atomic mass is 10.1. The largest absolute Gasteiger partial charge is 0.490 e. The van der Waals surface area contributed by atoms with E-state index in [0.717, 1.165) is 37.0 Å². The molecule has 14 heavy (non-hydrogen) atoms. The average Bonchev–Trinajstić information content (AvgIpc) is 3.06. The van der Waals surface area contributed by atoms with E-state index in [1.165, 1.54) is 0 Å². The van der Waals surface area contributed by atoms with Crippen LogP contribution in [-0.4, -0.2) is 11.2 Å². The van der Waals surface area contributed by atoms with Crippen molar-refractivity contribution in [1.82, 2.24) is 0 Å². The molecule has 3 rings (SSSR count). The average molecular weight is 190 g/mol. The third-order valence-electron chi connectivity index (χ3n) is 2.93. The summed E-state index contributed by atoms with van der Waals surface area (Å²) in [6.07, 6.45) is 4.47. The zero-order chi connectivity index (χ0) is 9.60. The van der Waals surface area contributed by atoms with E-state index in [1.54, 1.807) is 0 Å². The first-order valence-corrected chi connectivity index (χ1v) is 5.26. The first-order chi connectivity index (χ1) is 6.78. The van der Waals surface area contributed by atoms with Gasteiger partial charge in [-0.1, -0.05) is 18.2 Å². The molecule has 0 amide bonds. The summed E-state index contributed by atoms with van der Waals surface area (Å²) in [5, 5.41) is 10.0. The van der Waals surface area contributed by atoms with Crippen LogP contribution in [0.5, 0.6) is 5.75 Å². The van der Waals surface area contributed by atoms with Gasteiger partial charge < -0.3 is 9.84 Å². The fourth-order valence-corrected chi connectivity index (χ4v) is 1.71. The van der Waals surface area contributed by atoms with Crippen LogP contribution in [0.3, 0.4) is 0 Å². The van der Waals surface area contributed by atoms with E-state index in [4.69, 9.17) is 4.74 Å². The van der Waals surface area contributed by atoms with Crippen LogP contribution < -0.4 is 4.74 Å². The van der Waals surface area contributed by atoms with Gasteiger partial charge in [0.1, 0.15) is 5.75 Å². The standard InChI is InChI=1S/C12H14O2/c13-12(7-8-12)10-3-1-2-4-11(10)14-9-5-6-9/h1-4,9,13H,5-8H2. The molecule has 2 saturated carbocycles. The van der Waals surface area contributed by atoms with Crippen molar-refractivity contribution in [3.8, 4) is 5.75 Å². The van der Waals surface area contributed by atoms with E-state index in [0.29, 0.717) is 6.10 Å². The van der Waals surface area contributed by atoms with Crippen molar-refractivity contribution >= 4 is 0 Å². The second kappa shape index (κ2) is 2.74. The molecular weight excluding hydrogens is 176 g/mol. The van der Waals surface area contributed by atoms with Gasteiger partial charge in [0.15, 0.2) is 0 Å². The lowest BCUT2D eigenvalue weighted by Crippen LogP contribution is -2.08. The van der Waals surface area contributed by atoms with Gasteiger partial charge in [-0.15, -0.1) is 0 Å². The highest BCUT2D eigenvalue weighted by Crippen LogP contribution is 2.49. The predicted octanol–water partition coefficient (Wildman–Crippen LogP) is 2.21. The zero-order valence-corrected chi connectivity index (χ0v) is 8.07. The number of rotatable bonds is 3. The minimum absolute atomic E-state index is 0.401. The Morgan fingerprint density at radius 1 is 1.21 bits per heavy atom. The van der Waals surface area contributed by atoms with Crippen LogP contribution in [0.25, 0.3) is 0 Å². The molecule has 0 unspecified atom stereocenters. The first-order valence-electron chi connectivity index (χ1n) is 5.26. The summed E-state index contributed by atoms with van der Waals surface area (Å²) in [4.78, 5) is 0. The molecule has 2 nitrogen and oxygen atoms in total. The Labute approximate surface area is 83.5 Å². The fourth-order valence-electron chi connectivity index (χ4n) is 1.71. The van der Waals surface area contributed by atoms with Gasteiger partial charge in [0, 0.05) is 5.56 Å². The topological polar surface area (TPSA) is 29.5 Å². The fraction of sp³-hybridized carbons (Fsp3) is 0.500. The van der Waals surface area contributed by atoms with Gasteiger partial charge in [-0.05, 0) is 31.7 Å². The van der Waals surface area contributed by atoms with Gasteiger partial charge in [0.05, 0.1) is 11.7 Å². The minimum Gasteiger partial charge on any atom is -0.490 e. The normalized spacial score (nSPS) is 23.2. The molecule has 0 saturated heterocycles. The van der Waals surface area contributed by atoms with Crippen LogP contribution in [0, 0.1) is 0 Å². The molecule has 0 atom stereocenters. The summed E-state index contributed by atoms with van der Waals surface area (Å²) < 4.78 is 5.76. The molecule has 0 aliphatic heterocycles. The van der Waals surface area contributed by atoms with E-state index < -0.39 is 5.60 Å². The molecule has 0 bridgehead atoms. The smallest absolute Gasteiger partial charge is 0.125 e. The van der Waals surface area contributed by atoms with E-state index >= 15 is 0 Å². The maximum Gasteiger partial charge on any atom is 0.125 e.